The average molecular weight is 288 g/mol. The zero-order chi connectivity index (χ0) is 15.0. The summed E-state index contributed by atoms with van der Waals surface area (Å²) >= 11 is 0. The van der Waals surface area contributed by atoms with Crippen LogP contribution in [-0.2, 0) is 7.05 Å². The Morgan fingerprint density at radius 2 is 2.19 bits per heavy atom. The summed E-state index contributed by atoms with van der Waals surface area (Å²) in [7, 11) is 1.81. The van der Waals surface area contributed by atoms with Crippen molar-refractivity contribution in [2.45, 2.75) is 44.8 Å². The van der Waals surface area contributed by atoms with Gasteiger partial charge in [-0.05, 0) is 25.8 Å². The van der Waals surface area contributed by atoms with Gasteiger partial charge in [-0.15, -0.1) is 0 Å². The van der Waals surface area contributed by atoms with Crippen LogP contribution in [0, 0.1) is 6.92 Å². The molecule has 2 aromatic rings. The normalized spacial score (nSPS) is 22.4. The minimum atomic E-state index is -0.449. The van der Waals surface area contributed by atoms with E-state index in [1.54, 1.807) is 24.0 Å². The SMILES string of the molecule is Cc1cc(C(=O)N[C@@H]2CCCC[C@H]2O)c2cnn(C)c2n1. The summed E-state index contributed by atoms with van der Waals surface area (Å²) in [5.74, 6) is -0.163. The fourth-order valence-electron chi connectivity index (χ4n) is 2.95. The second-order valence-corrected chi connectivity index (χ2v) is 5.75. The van der Waals surface area contributed by atoms with Gasteiger partial charge in [0.25, 0.3) is 5.91 Å². The molecule has 2 N–H and O–H groups in total. The summed E-state index contributed by atoms with van der Waals surface area (Å²) < 4.78 is 1.66. The highest BCUT2D eigenvalue weighted by Gasteiger charge is 2.26. The standard InChI is InChI=1S/C15H20N4O2/c1-9-7-10(11-8-16-19(2)14(11)17-9)15(21)18-12-5-3-4-6-13(12)20/h7-8,12-13,20H,3-6H2,1-2H3,(H,18,21)/t12-,13-/m1/s1. The molecule has 2 heterocycles. The van der Waals surface area contributed by atoms with Crippen molar-refractivity contribution in [2.75, 3.05) is 0 Å². The lowest BCUT2D eigenvalue weighted by molar-refractivity contribution is 0.0718. The predicted octanol–water partition coefficient (Wildman–Crippen LogP) is 1.31. The van der Waals surface area contributed by atoms with E-state index in [4.69, 9.17) is 0 Å². The third-order valence-electron chi connectivity index (χ3n) is 4.12. The predicted molar refractivity (Wildman–Crippen MR) is 79.0 cm³/mol. The van der Waals surface area contributed by atoms with E-state index in [1.165, 1.54) is 0 Å². The number of hydrogen-bond donors (Lipinski definition) is 2. The highest BCUT2D eigenvalue weighted by molar-refractivity contribution is 6.05. The number of nitrogens with one attached hydrogen (secondary N) is 1. The molecule has 0 spiro atoms. The summed E-state index contributed by atoms with van der Waals surface area (Å²) in [5.41, 5.74) is 2.05. The number of fused-ring (bicyclic) bond motifs is 1. The van der Waals surface area contributed by atoms with Gasteiger partial charge in [-0.25, -0.2) is 4.98 Å². The highest BCUT2D eigenvalue weighted by atomic mass is 16.3. The van der Waals surface area contributed by atoms with E-state index in [2.05, 4.69) is 15.4 Å². The van der Waals surface area contributed by atoms with Crippen LogP contribution < -0.4 is 5.32 Å². The lowest BCUT2D eigenvalue weighted by Gasteiger charge is -2.28. The fourth-order valence-corrected chi connectivity index (χ4v) is 2.95. The smallest absolute Gasteiger partial charge is 0.252 e. The van der Waals surface area contributed by atoms with E-state index in [0.29, 0.717) is 11.2 Å². The number of aromatic nitrogens is 3. The minimum absolute atomic E-state index is 0.161. The molecule has 0 bridgehead atoms. The molecule has 0 radical (unpaired) electrons. The molecule has 0 unspecified atom stereocenters. The van der Waals surface area contributed by atoms with Crippen molar-refractivity contribution < 1.29 is 9.90 Å². The van der Waals surface area contributed by atoms with Crippen molar-refractivity contribution in [3.63, 3.8) is 0 Å². The number of pyridine rings is 1. The Morgan fingerprint density at radius 3 is 2.95 bits per heavy atom. The summed E-state index contributed by atoms with van der Waals surface area (Å²) in [6, 6.07) is 1.61. The molecule has 2 aromatic heterocycles. The number of rotatable bonds is 2. The molecule has 1 amide bonds. The first-order valence-electron chi connectivity index (χ1n) is 7.34. The topological polar surface area (TPSA) is 80.0 Å². The Balaban J connectivity index is 1.90. The zero-order valence-corrected chi connectivity index (χ0v) is 12.3. The van der Waals surface area contributed by atoms with E-state index in [1.807, 2.05) is 6.92 Å². The van der Waals surface area contributed by atoms with Crippen molar-refractivity contribution in [1.82, 2.24) is 20.1 Å². The lowest BCUT2D eigenvalue weighted by Crippen LogP contribution is -2.45. The molecule has 0 aliphatic heterocycles. The van der Waals surface area contributed by atoms with Crippen molar-refractivity contribution in [2.24, 2.45) is 7.05 Å². The molecule has 112 valence electrons. The maximum absolute atomic E-state index is 12.5. The van der Waals surface area contributed by atoms with Gasteiger partial charge >= 0.3 is 0 Å². The largest absolute Gasteiger partial charge is 0.391 e. The van der Waals surface area contributed by atoms with Crippen LogP contribution in [0.4, 0.5) is 0 Å². The van der Waals surface area contributed by atoms with Crippen molar-refractivity contribution in [3.05, 3.63) is 23.5 Å². The molecular weight excluding hydrogens is 268 g/mol. The quantitative estimate of drug-likeness (QED) is 0.873. The van der Waals surface area contributed by atoms with Gasteiger partial charge in [0.05, 0.1) is 29.3 Å². The molecule has 6 nitrogen and oxygen atoms in total. The van der Waals surface area contributed by atoms with Crippen LogP contribution in [0.25, 0.3) is 11.0 Å². The maximum Gasteiger partial charge on any atom is 0.252 e. The van der Waals surface area contributed by atoms with Gasteiger partial charge in [-0.2, -0.15) is 5.10 Å². The van der Waals surface area contributed by atoms with Gasteiger partial charge in [0.15, 0.2) is 5.65 Å². The number of hydrogen-bond acceptors (Lipinski definition) is 4. The monoisotopic (exact) mass is 288 g/mol. The van der Waals surface area contributed by atoms with Gasteiger partial charge in [-0.3, -0.25) is 9.48 Å². The first-order valence-corrected chi connectivity index (χ1v) is 7.34. The van der Waals surface area contributed by atoms with E-state index >= 15 is 0 Å². The van der Waals surface area contributed by atoms with E-state index in [0.717, 1.165) is 36.8 Å². The number of carbonyl (C=O) groups is 1. The third kappa shape index (κ3) is 2.63. The molecule has 0 saturated heterocycles. The van der Waals surface area contributed by atoms with E-state index in [-0.39, 0.29) is 11.9 Å². The Kier molecular flexibility index (Phi) is 3.63. The van der Waals surface area contributed by atoms with Crippen molar-refractivity contribution >= 4 is 16.9 Å². The molecule has 0 aromatic carbocycles. The first-order chi connectivity index (χ1) is 10.1. The minimum Gasteiger partial charge on any atom is -0.391 e. The average Bonchev–Trinajstić information content (AvgIpc) is 2.82. The van der Waals surface area contributed by atoms with E-state index < -0.39 is 6.10 Å². The molecule has 1 aliphatic rings. The van der Waals surface area contributed by atoms with Crippen LogP contribution >= 0.6 is 0 Å². The van der Waals surface area contributed by atoms with Crippen molar-refractivity contribution in [1.29, 1.82) is 0 Å². The van der Waals surface area contributed by atoms with Gasteiger partial charge in [0.2, 0.25) is 0 Å². The van der Waals surface area contributed by atoms with Gasteiger partial charge in [0, 0.05) is 12.7 Å². The summed E-state index contributed by atoms with van der Waals surface area (Å²) in [6.45, 7) is 1.86. The lowest BCUT2D eigenvalue weighted by atomic mass is 9.92. The Bertz CT molecular complexity index is 680. The Labute approximate surface area is 123 Å². The number of aryl methyl sites for hydroxylation is 2. The molecule has 2 atom stereocenters. The second-order valence-electron chi connectivity index (χ2n) is 5.75. The first kappa shape index (κ1) is 14.0. The maximum atomic E-state index is 12.5. The van der Waals surface area contributed by atoms with Crippen LogP contribution in [0.1, 0.15) is 41.7 Å². The fraction of sp³-hybridized carbons (Fsp3) is 0.533. The van der Waals surface area contributed by atoms with Gasteiger partial charge in [0.1, 0.15) is 0 Å². The van der Waals surface area contributed by atoms with Crippen LogP contribution in [0.15, 0.2) is 12.3 Å². The molecule has 21 heavy (non-hydrogen) atoms. The number of nitrogens with zero attached hydrogens (tertiary/aromatic N) is 3. The zero-order valence-electron chi connectivity index (χ0n) is 12.3. The number of carbonyl (C=O) groups excluding carboxylic acids is 1. The number of aliphatic hydroxyl groups is 1. The molecule has 1 fully saturated rings. The Hall–Kier alpha value is -1.95. The highest BCUT2D eigenvalue weighted by Crippen LogP contribution is 2.21. The Morgan fingerprint density at radius 1 is 1.43 bits per heavy atom. The molecular formula is C15H20N4O2. The molecule has 1 saturated carbocycles. The molecule has 3 rings (SSSR count). The number of amides is 1. The van der Waals surface area contributed by atoms with Gasteiger partial charge in [-0.1, -0.05) is 12.8 Å². The van der Waals surface area contributed by atoms with Crippen LogP contribution in [0.3, 0.4) is 0 Å². The van der Waals surface area contributed by atoms with Crippen LogP contribution in [-0.4, -0.2) is 37.9 Å². The van der Waals surface area contributed by atoms with Crippen LogP contribution in [0.2, 0.25) is 0 Å². The van der Waals surface area contributed by atoms with Crippen LogP contribution in [0.5, 0.6) is 0 Å². The second kappa shape index (κ2) is 5.44. The van der Waals surface area contributed by atoms with Gasteiger partial charge < -0.3 is 10.4 Å². The summed E-state index contributed by atoms with van der Waals surface area (Å²) in [6.07, 6.45) is 4.85. The summed E-state index contributed by atoms with van der Waals surface area (Å²) in [5, 5.41) is 17.9. The number of aliphatic hydroxyl groups excluding tert-OH is 1. The third-order valence-corrected chi connectivity index (χ3v) is 4.12. The molecule has 6 heteroatoms. The summed E-state index contributed by atoms with van der Waals surface area (Å²) in [4.78, 5) is 17.0. The van der Waals surface area contributed by atoms with Crippen molar-refractivity contribution in [3.8, 4) is 0 Å². The van der Waals surface area contributed by atoms with E-state index in [9.17, 15) is 9.90 Å². The molecule has 1 aliphatic carbocycles.